The molecule has 0 fully saturated rings. The topological polar surface area (TPSA) is 30.7 Å². The van der Waals surface area contributed by atoms with Crippen molar-refractivity contribution in [1.82, 2.24) is 19.0 Å². The molecule has 1 unspecified atom stereocenters. The lowest BCUT2D eigenvalue weighted by molar-refractivity contribution is 0.602. The van der Waals surface area contributed by atoms with Gasteiger partial charge in [0.25, 0.3) is 0 Å². The Morgan fingerprint density at radius 1 is 0.404 bits per heavy atom. The average molecular weight is 730 g/mol. The molecule has 268 valence electrons. The van der Waals surface area contributed by atoms with Gasteiger partial charge in [0.1, 0.15) is 0 Å². The molecule has 2 aromatic heterocycles. The lowest BCUT2D eigenvalue weighted by Crippen LogP contribution is -2.33. The number of rotatable bonds is 6. The van der Waals surface area contributed by atoms with Crippen molar-refractivity contribution in [3.8, 4) is 61.5 Å². The Labute approximate surface area is 331 Å². The largest absolute Gasteiger partial charge is 0.339 e. The van der Waals surface area contributed by atoms with E-state index in [9.17, 15) is 0 Å². The minimum absolute atomic E-state index is 0.368. The van der Waals surface area contributed by atoms with Gasteiger partial charge in [-0.3, -0.25) is 0 Å². The Morgan fingerprint density at radius 2 is 0.982 bits per heavy atom. The molecule has 0 aliphatic carbocycles. The second-order valence-corrected chi connectivity index (χ2v) is 14.9. The van der Waals surface area contributed by atoms with Gasteiger partial charge in [-0.05, 0) is 106 Å². The molecule has 4 heteroatoms. The number of hydrogen-bond donors (Lipinski definition) is 0. The van der Waals surface area contributed by atoms with E-state index in [1.54, 1.807) is 0 Å². The van der Waals surface area contributed by atoms with Gasteiger partial charge in [0.2, 0.25) is 0 Å². The number of nitrogens with zero attached hydrogens (tertiary/aromatic N) is 4. The third kappa shape index (κ3) is 5.34. The summed E-state index contributed by atoms with van der Waals surface area (Å²) >= 11 is 0. The van der Waals surface area contributed by atoms with Crippen LogP contribution in [0.5, 0.6) is 0 Å². The summed E-state index contributed by atoms with van der Waals surface area (Å²) in [5, 5.41) is 2.49. The third-order valence-electron chi connectivity index (χ3n) is 11.7. The minimum Gasteiger partial charge on any atom is -0.309 e. The van der Waals surface area contributed by atoms with Crippen molar-refractivity contribution in [1.29, 1.82) is 0 Å². The van der Waals surface area contributed by atoms with Gasteiger partial charge in [-0.25, -0.2) is 0 Å². The first-order valence-electron chi connectivity index (χ1n) is 19.4. The Bertz CT molecular complexity index is 3070. The van der Waals surface area contributed by atoms with Crippen molar-refractivity contribution < 1.29 is 0 Å². The van der Waals surface area contributed by atoms with E-state index < -0.39 is 0 Å². The third-order valence-corrected chi connectivity index (χ3v) is 11.7. The fourth-order valence-electron chi connectivity index (χ4n) is 8.86. The molecular weight excluding hydrogens is 693 g/mol. The molecule has 57 heavy (non-hydrogen) atoms. The van der Waals surface area contributed by atoms with Crippen molar-refractivity contribution in [3.05, 3.63) is 206 Å². The molecule has 11 rings (SSSR count). The molecular formula is C53H37N4+. The molecule has 0 amide bonds. The summed E-state index contributed by atoms with van der Waals surface area (Å²) in [7, 11) is 2.23. The van der Waals surface area contributed by atoms with Crippen LogP contribution in [0.4, 0.5) is 17.3 Å². The highest BCUT2D eigenvalue weighted by atomic mass is 15.4. The quantitative estimate of drug-likeness (QED) is 0.160. The van der Waals surface area contributed by atoms with E-state index in [2.05, 4.69) is 206 Å². The first kappa shape index (κ1) is 33.0. The molecule has 8 aromatic carbocycles. The van der Waals surface area contributed by atoms with E-state index in [1.165, 1.54) is 55.2 Å². The fraction of sp³-hybridized carbons (Fsp3) is 0.0189. The Kier molecular flexibility index (Phi) is 7.59. The van der Waals surface area contributed by atoms with Gasteiger partial charge in [-0.15, -0.1) is 0 Å². The maximum Gasteiger partial charge on any atom is 0.339 e. The van der Waals surface area contributed by atoms with E-state index in [0.717, 1.165) is 45.4 Å². The lowest BCUT2D eigenvalue weighted by atomic mass is 9.95. The molecule has 0 N–H and O–H groups in total. The van der Waals surface area contributed by atoms with Crippen molar-refractivity contribution in [3.63, 3.8) is 0 Å². The number of para-hydroxylation sites is 3. The van der Waals surface area contributed by atoms with Crippen LogP contribution < -0.4 is 4.48 Å². The van der Waals surface area contributed by atoms with Crippen LogP contribution in [-0.4, -0.2) is 21.6 Å². The van der Waals surface area contributed by atoms with Crippen LogP contribution >= 0.6 is 0 Å². The van der Waals surface area contributed by atoms with Crippen LogP contribution in [0, 0.1) is 0 Å². The van der Waals surface area contributed by atoms with Crippen LogP contribution in [-0.2, 0) is 0 Å². The molecule has 0 spiro atoms. The van der Waals surface area contributed by atoms with Crippen molar-refractivity contribution in [2.24, 2.45) is 0 Å². The van der Waals surface area contributed by atoms with Crippen LogP contribution in [0.3, 0.4) is 0 Å². The maximum atomic E-state index is 5.39. The van der Waals surface area contributed by atoms with Gasteiger partial charge < -0.3 is 4.57 Å². The number of benzene rings is 8. The average Bonchev–Trinajstić information content (AvgIpc) is 3.76. The first-order chi connectivity index (χ1) is 28.1. The fourth-order valence-corrected chi connectivity index (χ4v) is 8.86. The highest BCUT2D eigenvalue weighted by molar-refractivity contribution is 6.10. The molecule has 0 saturated heterocycles. The summed E-state index contributed by atoms with van der Waals surface area (Å²) in [6, 6.07) is 71.8. The second kappa shape index (κ2) is 13.1. The van der Waals surface area contributed by atoms with Gasteiger partial charge in [-0.1, -0.05) is 115 Å². The lowest BCUT2D eigenvalue weighted by Gasteiger charge is -2.27. The van der Waals surface area contributed by atoms with Gasteiger partial charge in [0, 0.05) is 45.9 Å². The molecule has 3 heterocycles. The molecule has 1 aliphatic heterocycles. The zero-order valence-electron chi connectivity index (χ0n) is 31.4. The summed E-state index contributed by atoms with van der Waals surface area (Å²) in [6.07, 6.45) is 1.91. The van der Waals surface area contributed by atoms with Gasteiger partial charge in [0.15, 0.2) is 11.4 Å². The van der Waals surface area contributed by atoms with Crippen molar-refractivity contribution in [2.45, 2.75) is 0 Å². The van der Waals surface area contributed by atoms with Crippen LogP contribution in [0.1, 0.15) is 0 Å². The van der Waals surface area contributed by atoms with E-state index >= 15 is 0 Å². The SMILES string of the molecule is C[N+]1(c2nccc(-c3cc(-c4ccccc4)cc(-c4ccccc4)c3)n2)c2ccccc2-c2cc(-c3ccc4c(c3)c3ccccc3n4-c3ccccc3)ccc21. The van der Waals surface area contributed by atoms with E-state index in [0.29, 0.717) is 4.48 Å². The van der Waals surface area contributed by atoms with Crippen LogP contribution in [0.15, 0.2) is 206 Å². The summed E-state index contributed by atoms with van der Waals surface area (Å²) in [4.78, 5) is 10.4. The number of hydrogen-bond acceptors (Lipinski definition) is 2. The van der Waals surface area contributed by atoms with E-state index in [-0.39, 0.29) is 0 Å². The smallest absolute Gasteiger partial charge is 0.309 e. The van der Waals surface area contributed by atoms with Crippen LogP contribution in [0.25, 0.3) is 83.3 Å². The predicted octanol–water partition coefficient (Wildman–Crippen LogP) is 13.8. The minimum atomic E-state index is 0.368. The zero-order chi connectivity index (χ0) is 37.9. The standard InChI is InChI=1S/C53H37N4/c1-57(53-54-30-29-48(55-53)42-32-40(36-15-5-2-6-16-36)31-41(33-42)37-17-7-3-8-18-37)51-24-14-12-22-45(51)47-35-39(26-28-52(47)57)38-25-27-50-46(34-38)44-21-11-13-23-49(44)56(50)43-19-9-4-10-20-43/h2-35H,1H3/q+1. The zero-order valence-corrected chi connectivity index (χ0v) is 31.4. The maximum absolute atomic E-state index is 5.39. The highest BCUT2D eigenvalue weighted by Gasteiger charge is 2.45. The van der Waals surface area contributed by atoms with E-state index in [4.69, 9.17) is 9.97 Å². The highest BCUT2D eigenvalue weighted by Crippen LogP contribution is 2.56. The summed E-state index contributed by atoms with van der Waals surface area (Å²) < 4.78 is 2.73. The Hall–Kier alpha value is -7.40. The summed E-state index contributed by atoms with van der Waals surface area (Å²) in [5.41, 5.74) is 17.2. The monoisotopic (exact) mass is 729 g/mol. The second-order valence-electron chi connectivity index (χ2n) is 14.9. The van der Waals surface area contributed by atoms with Crippen LogP contribution in [0.2, 0.25) is 0 Å². The first-order valence-corrected chi connectivity index (χ1v) is 19.4. The molecule has 10 aromatic rings. The molecule has 4 nitrogen and oxygen atoms in total. The number of fused-ring (bicyclic) bond motifs is 6. The molecule has 1 atom stereocenters. The van der Waals surface area contributed by atoms with Crippen molar-refractivity contribution in [2.75, 3.05) is 7.05 Å². The predicted molar refractivity (Wildman–Crippen MR) is 237 cm³/mol. The normalized spacial score (nSPS) is 14.5. The van der Waals surface area contributed by atoms with Gasteiger partial charge in [-0.2, -0.15) is 14.5 Å². The molecule has 0 radical (unpaired) electrons. The van der Waals surface area contributed by atoms with Crippen molar-refractivity contribution >= 4 is 39.1 Å². The number of aromatic nitrogens is 3. The van der Waals surface area contributed by atoms with Gasteiger partial charge in [0.05, 0.1) is 29.3 Å². The molecule has 0 bridgehead atoms. The van der Waals surface area contributed by atoms with Gasteiger partial charge >= 0.3 is 5.95 Å². The Morgan fingerprint density at radius 3 is 1.74 bits per heavy atom. The molecule has 1 aliphatic rings. The summed E-state index contributed by atoms with van der Waals surface area (Å²) in [6.45, 7) is 0. The Balaban J connectivity index is 1.03. The summed E-state index contributed by atoms with van der Waals surface area (Å²) in [5.74, 6) is 0.730. The van der Waals surface area contributed by atoms with E-state index in [1.807, 2.05) is 12.3 Å². The number of quaternary nitrogens is 1. The molecule has 0 saturated carbocycles.